The van der Waals surface area contributed by atoms with Crippen LogP contribution >= 0.6 is 0 Å². The third-order valence-corrected chi connectivity index (χ3v) is 2.36. The molecule has 0 spiro atoms. The van der Waals surface area contributed by atoms with Crippen molar-refractivity contribution in [2.75, 3.05) is 33.4 Å². The minimum absolute atomic E-state index is 0.141. The number of hydrogen-bond acceptors (Lipinski definition) is 3. The number of rotatable bonds is 5. The molecule has 0 fully saturated rings. The van der Waals surface area contributed by atoms with Gasteiger partial charge in [-0.2, -0.15) is 0 Å². The molecular weight excluding hydrogens is 216 g/mol. The van der Waals surface area contributed by atoms with Gasteiger partial charge in [-0.15, -0.1) is 6.42 Å². The molecule has 86 valence electrons. The summed E-state index contributed by atoms with van der Waals surface area (Å²) < 4.78 is 23.8. The molecule has 0 aromatic rings. The van der Waals surface area contributed by atoms with Crippen LogP contribution in [0.2, 0.25) is 0 Å². The predicted octanol–water partition coefficient (Wildman–Crippen LogP) is -0.838. The summed E-state index contributed by atoms with van der Waals surface area (Å²) in [7, 11) is 0.315. The van der Waals surface area contributed by atoms with Crippen LogP contribution in [0.3, 0.4) is 0 Å². The number of carbonyl (C=O) groups is 1. The van der Waals surface area contributed by atoms with Crippen molar-refractivity contribution in [2.24, 2.45) is 0 Å². The molecular formula is C9H17N2O3S+. The van der Waals surface area contributed by atoms with E-state index < -0.39 is 15.9 Å². The lowest BCUT2D eigenvalue weighted by Gasteiger charge is -2.26. The lowest BCUT2D eigenvalue weighted by atomic mass is 10.3. The molecule has 15 heavy (non-hydrogen) atoms. The smallest absolute Gasteiger partial charge is 0.239 e. The number of hydrogen-bond donors (Lipinski definition) is 1. The molecule has 0 heterocycles. The first-order valence-corrected chi connectivity index (χ1v) is 6.31. The Morgan fingerprint density at radius 2 is 2.00 bits per heavy atom. The topological polar surface area (TPSA) is 63.2 Å². The molecule has 5 nitrogen and oxygen atoms in total. The van der Waals surface area contributed by atoms with Gasteiger partial charge in [-0.1, -0.05) is 0 Å². The van der Waals surface area contributed by atoms with Gasteiger partial charge in [0.2, 0.25) is 15.9 Å². The maximum Gasteiger partial charge on any atom is 0.239 e. The summed E-state index contributed by atoms with van der Waals surface area (Å²) in [5, 5.41) is 0. The maximum atomic E-state index is 11.2. The number of sulfonamides is 1. The van der Waals surface area contributed by atoms with E-state index in [4.69, 9.17) is 6.42 Å². The first kappa shape index (κ1) is 13.9. The monoisotopic (exact) mass is 233 g/mol. The summed E-state index contributed by atoms with van der Waals surface area (Å²) in [5.41, 5.74) is 0. The van der Waals surface area contributed by atoms with Crippen molar-refractivity contribution in [1.82, 2.24) is 4.72 Å². The molecule has 0 atom stereocenters. The van der Waals surface area contributed by atoms with Crippen molar-refractivity contribution in [3.63, 3.8) is 0 Å². The van der Waals surface area contributed by atoms with E-state index in [0.29, 0.717) is 17.6 Å². The summed E-state index contributed by atoms with van der Waals surface area (Å²) in [6.07, 6.45) is 6.25. The number of nitrogens with one attached hydrogen (secondary N) is 1. The van der Waals surface area contributed by atoms with Crippen LogP contribution in [-0.4, -0.2) is 52.2 Å². The van der Waals surface area contributed by atoms with Gasteiger partial charge >= 0.3 is 0 Å². The van der Waals surface area contributed by atoms with Crippen LogP contribution in [-0.2, 0) is 14.8 Å². The molecule has 0 saturated carbocycles. The van der Waals surface area contributed by atoms with Crippen LogP contribution in [0.5, 0.6) is 0 Å². The van der Waals surface area contributed by atoms with E-state index in [1.165, 1.54) is 0 Å². The summed E-state index contributed by atoms with van der Waals surface area (Å²) in [4.78, 5) is 11.2. The second-order valence-electron chi connectivity index (χ2n) is 4.07. The van der Waals surface area contributed by atoms with Crippen LogP contribution < -0.4 is 4.72 Å². The van der Waals surface area contributed by atoms with Crippen LogP contribution in [0, 0.1) is 12.3 Å². The summed E-state index contributed by atoms with van der Waals surface area (Å²) in [6.45, 7) is 1.01. The average Bonchev–Trinajstić information content (AvgIpc) is 1.98. The van der Waals surface area contributed by atoms with Crippen molar-refractivity contribution in [2.45, 2.75) is 6.42 Å². The van der Waals surface area contributed by atoms with Crippen LogP contribution in [0.1, 0.15) is 6.42 Å². The van der Waals surface area contributed by atoms with Gasteiger partial charge in [0.25, 0.3) is 0 Å². The molecule has 1 amide bonds. The first-order valence-electron chi connectivity index (χ1n) is 4.42. The molecule has 6 heteroatoms. The molecule has 0 unspecified atom stereocenters. The minimum Gasteiger partial charge on any atom is -0.318 e. The molecule has 0 aliphatic rings. The summed E-state index contributed by atoms with van der Waals surface area (Å²) in [5.74, 6) is 2.00. The van der Waals surface area contributed by atoms with Gasteiger partial charge in [0.1, 0.15) is 6.54 Å². The Bertz CT molecular complexity index is 365. The van der Waals surface area contributed by atoms with E-state index in [0.717, 1.165) is 6.26 Å². The minimum atomic E-state index is -3.45. The van der Waals surface area contributed by atoms with Gasteiger partial charge in [0.05, 0.1) is 33.3 Å². The van der Waals surface area contributed by atoms with Gasteiger partial charge in [0, 0.05) is 0 Å². The summed E-state index contributed by atoms with van der Waals surface area (Å²) >= 11 is 0. The van der Waals surface area contributed by atoms with Crippen LogP contribution in [0.4, 0.5) is 0 Å². The standard InChI is InChI=1S/C9H16N2O3S/c1-5-7-11(2,3)8-6-9(12)10-15(4,13)14/h1H,6-8H2,2-4H3/p+1. The van der Waals surface area contributed by atoms with E-state index in [2.05, 4.69) is 5.92 Å². The van der Waals surface area contributed by atoms with Gasteiger partial charge in [0.15, 0.2) is 0 Å². The van der Waals surface area contributed by atoms with E-state index in [1.807, 2.05) is 18.8 Å². The molecule has 1 N–H and O–H groups in total. The number of nitrogens with zero attached hydrogens (tertiary/aromatic N) is 1. The van der Waals surface area contributed by atoms with E-state index in [9.17, 15) is 13.2 Å². The number of amides is 1. The van der Waals surface area contributed by atoms with Crippen molar-refractivity contribution < 1.29 is 17.7 Å². The lowest BCUT2D eigenvalue weighted by molar-refractivity contribution is -0.882. The molecule has 0 aromatic carbocycles. The van der Waals surface area contributed by atoms with Crippen molar-refractivity contribution in [3.05, 3.63) is 0 Å². The van der Waals surface area contributed by atoms with Gasteiger partial charge in [-0.25, -0.2) is 8.42 Å². The van der Waals surface area contributed by atoms with E-state index in [-0.39, 0.29) is 6.42 Å². The van der Waals surface area contributed by atoms with Gasteiger partial charge < -0.3 is 4.48 Å². The molecule has 0 aliphatic carbocycles. The largest absolute Gasteiger partial charge is 0.318 e. The zero-order valence-electron chi connectivity index (χ0n) is 9.28. The molecule has 0 bridgehead atoms. The van der Waals surface area contributed by atoms with E-state index >= 15 is 0 Å². The zero-order chi connectivity index (χ0) is 12.1. The molecule has 0 saturated heterocycles. The number of terminal acetylenes is 1. The third-order valence-electron chi connectivity index (χ3n) is 1.76. The summed E-state index contributed by atoms with van der Waals surface area (Å²) in [6, 6.07) is 0. The Labute approximate surface area is 91.1 Å². The quantitative estimate of drug-likeness (QED) is 0.497. The Hall–Kier alpha value is -1.06. The highest BCUT2D eigenvalue weighted by Crippen LogP contribution is 1.98. The Morgan fingerprint density at radius 3 is 2.40 bits per heavy atom. The van der Waals surface area contributed by atoms with Gasteiger partial charge in [-0.05, 0) is 5.92 Å². The first-order chi connectivity index (χ1) is 6.66. The van der Waals surface area contributed by atoms with Crippen LogP contribution in [0.15, 0.2) is 0 Å². The Kier molecular flexibility index (Phi) is 4.78. The highest BCUT2D eigenvalue weighted by Gasteiger charge is 2.17. The average molecular weight is 233 g/mol. The van der Waals surface area contributed by atoms with Crippen LogP contribution in [0.25, 0.3) is 0 Å². The number of carbonyl (C=O) groups excluding carboxylic acids is 1. The highest BCUT2D eigenvalue weighted by atomic mass is 32.2. The third kappa shape index (κ3) is 7.97. The predicted molar refractivity (Wildman–Crippen MR) is 58.3 cm³/mol. The molecule has 0 aromatic heterocycles. The Balaban J connectivity index is 4.08. The van der Waals surface area contributed by atoms with Crippen molar-refractivity contribution in [1.29, 1.82) is 0 Å². The SMILES string of the molecule is C#CC[N+](C)(C)CCC(=O)NS(C)(=O)=O. The fraction of sp³-hybridized carbons (Fsp3) is 0.667. The Morgan fingerprint density at radius 1 is 1.47 bits per heavy atom. The lowest BCUT2D eigenvalue weighted by Crippen LogP contribution is -2.43. The molecule has 0 radical (unpaired) electrons. The number of quaternary nitrogens is 1. The zero-order valence-corrected chi connectivity index (χ0v) is 10.1. The normalized spacial score (nSPS) is 11.9. The second-order valence-corrected chi connectivity index (χ2v) is 5.82. The maximum absolute atomic E-state index is 11.2. The van der Waals surface area contributed by atoms with Gasteiger partial charge in [-0.3, -0.25) is 9.52 Å². The fourth-order valence-corrected chi connectivity index (χ4v) is 1.50. The van der Waals surface area contributed by atoms with Crippen molar-refractivity contribution >= 4 is 15.9 Å². The highest BCUT2D eigenvalue weighted by molar-refractivity contribution is 7.89. The second kappa shape index (κ2) is 5.14. The fourth-order valence-electron chi connectivity index (χ4n) is 0.988. The van der Waals surface area contributed by atoms with E-state index in [1.54, 1.807) is 0 Å². The van der Waals surface area contributed by atoms with Crippen molar-refractivity contribution in [3.8, 4) is 12.3 Å². The molecule has 0 rings (SSSR count). The molecule has 0 aliphatic heterocycles.